The molecule has 2 heterocycles. The maximum Gasteiger partial charge on any atom is 0.117 e. The van der Waals surface area contributed by atoms with Crippen molar-refractivity contribution in [2.75, 3.05) is 13.2 Å². The molecular weight excluding hydrogens is 174 g/mol. The van der Waals surface area contributed by atoms with E-state index < -0.39 is 5.60 Å². The average Bonchev–Trinajstić information content (AvgIpc) is 2.32. The maximum absolute atomic E-state index is 9.71. The highest BCUT2D eigenvalue weighted by Gasteiger charge is 2.36. The normalized spacial score (nSPS) is 20.5. The van der Waals surface area contributed by atoms with Crippen molar-refractivity contribution in [2.45, 2.75) is 18.9 Å². The highest BCUT2D eigenvalue weighted by atomic mass is 32.1. The molecule has 0 amide bonds. The van der Waals surface area contributed by atoms with Crippen LogP contribution in [0.4, 0.5) is 0 Å². The molecule has 0 saturated carbocycles. The number of aromatic nitrogens is 1. The van der Waals surface area contributed by atoms with Crippen LogP contribution in [0.3, 0.4) is 0 Å². The summed E-state index contributed by atoms with van der Waals surface area (Å²) in [7, 11) is 0. The predicted octanol–water partition coefficient (Wildman–Crippen LogP) is 0.755. The molecule has 1 aliphatic heterocycles. The van der Waals surface area contributed by atoms with Crippen LogP contribution in [0.1, 0.15) is 10.7 Å². The van der Waals surface area contributed by atoms with Crippen molar-refractivity contribution in [3.05, 3.63) is 16.1 Å². The molecule has 1 aromatic heterocycles. The van der Waals surface area contributed by atoms with Gasteiger partial charge in [-0.1, -0.05) is 0 Å². The minimum absolute atomic E-state index is 0.450. The number of rotatable bonds is 2. The molecule has 1 saturated heterocycles. The number of aryl methyl sites for hydroxylation is 1. The van der Waals surface area contributed by atoms with E-state index in [0.29, 0.717) is 19.6 Å². The molecule has 0 radical (unpaired) electrons. The smallest absolute Gasteiger partial charge is 0.117 e. The third-order valence-electron chi connectivity index (χ3n) is 1.89. The van der Waals surface area contributed by atoms with Crippen LogP contribution in [0.25, 0.3) is 0 Å². The molecule has 4 heteroatoms. The van der Waals surface area contributed by atoms with Gasteiger partial charge < -0.3 is 9.84 Å². The van der Waals surface area contributed by atoms with E-state index in [0.717, 1.165) is 10.7 Å². The van der Waals surface area contributed by atoms with Gasteiger partial charge in [-0.05, 0) is 6.92 Å². The van der Waals surface area contributed by atoms with Crippen molar-refractivity contribution in [1.29, 1.82) is 0 Å². The van der Waals surface area contributed by atoms with Gasteiger partial charge in [0.05, 0.1) is 18.2 Å². The Morgan fingerprint density at radius 2 is 2.50 bits per heavy atom. The standard InChI is InChI=1S/C8H11NO2S/c1-6-3-12-7(9-6)2-8(10)4-11-5-8/h3,10H,2,4-5H2,1H3. The summed E-state index contributed by atoms with van der Waals surface area (Å²) in [4.78, 5) is 4.28. The molecule has 1 aromatic rings. The number of thiazole rings is 1. The molecule has 0 spiro atoms. The second kappa shape index (κ2) is 2.80. The average molecular weight is 185 g/mol. The lowest BCUT2D eigenvalue weighted by Crippen LogP contribution is -2.51. The highest BCUT2D eigenvalue weighted by Crippen LogP contribution is 2.23. The van der Waals surface area contributed by atoms with E-state index in [1.54, 1.807) is 11.3 Å². The lowest BCUT2D eigenvalue weighted by atomic mass is 9.99. The van der Waals surface area contributed by atoms with Crippen molar-refractivity contribution in [2.24, 2.45) is 0 Å². The Labute approximate surface area is 75.0 Å². The second-order valence-corrected chi connectivity index (χ2v) is 4.22. The summed E-state index contributed by atoms with van der Waals surface area (Å²) < 4.78 is 4.94. The fourth-order valence-electron chi connectivity index (χ4n) is 1.21. The van der Waals surface area contributed by atoms with Gasteiger partial charge in [-0.2, -0.15) is 0 Å². The van der Waals surface area contributed by atoms with Gasteiger partial charge in [0.2, 0.25) is 0 Å². The van der Waals surface area contributed by atoms with Crippen LogP contribution in [0.2, 0.25) is 0 Å². The number of hydrogen-bond donors (Lipinski definition) is 1. The van der Waals surface area contributed by atoms with E-state index >= 15 is 0 Å². The van der Waals surface area contributed by atoms with E-state index in [1.807, 2.05) is 12.3 Å². The SMILES string of the molecule is Cc1csc(CC2(O)COC2)n1. The first kappa shape index (κ1) is 8.16. The van der Waals surface area contributed by atoms with Crippen molar-refractivity contribution in [3.63, 3.8) is 0 Å². The molecule has 0 unspecified atom stereocenters. The monoisotopic (exact) mass is 185 g/mol. The fourth-order valence-corrected chi connectivity index (χ4v) is 2.11. The van der Waals surface area contributed by atoms with Gasteiger partial charge in [0.1, 0.15) is 5.60 Å². The molecule has 1 aliphatic rings. The first-order valence-corrected chi connectivity index (χ1v) is 4.77. The van der Waals surface area contributed by atoms with Gasteiger partial charge in [-0.15, -0.1) is 11.3 Å². The van der Waals surface area contributed by atoms with Crippen molar-refractivity contribution < 1.29 is 9.84 Å². The fraction of sp³-hybridized carbons (Fsp3) is 0.625. The maximum atomic E-state index is 9.71. The first-order chi connectivity index (χ1) is 5.68. The molecule has 0 bridgehead atoms. The van der Waals surface area contributed by atoms with Crippen molar-refractivity contribution >= 4 is 11.3 Å². The Kier molecular flexibility index (Phi) is 1.90. The minimum atomic E-state index is -0.635. The van der Waals surface area contributed by atoms with Crippen LogP contribution >= 0.6 is 11.3 Å². The summed E-state index contributed by atoms with van der Waals surface area (Å²) in [5.74, 6) is 0. The van der Waals surface area contributed by atoms with Gasteiger partial charge in [0, 0.05) is 17.5 Å². The summed E-state index contributed by atoms with van der Waals surface area (Å²) in [6.07, 6.45) is 0.630. The van der Waals surface area contributed by atoms with Crippen LogP contribution in [0, 0.1) is 6.92 Å². The molecule has 66 valence electrons. The van der Waals surface area contributed by atoms with Gasteiger partial charge in [0.25, 0.3) is 0 Å². The molecular formula is C8H11NO2S. The Bertz CT molecular complexity index is 280. The first-order valence-electron chi connectivity index (χ1n) is 3.89. The van der Waals surface area contributed by atoms with Crippen molar-refractivity contribution in [1.82, 2.24) is 4.98 Å². The molecule has 1 fully saturated rings. The minimum Gasteiger partial charge on any atom is -0.385 e. The van der Waals surface area contributed by atoms with Crippen molar-refractivity contribution in [3.8, 4) is 0 Å². The molecule has 2 rings (SSSR count). The lowest BCUT2D eigenvalue weighted by molar-refractivity contribution is -0.176. The zero-order valence-corrected chi connectivity index (χ0v) is 7.73. The van der Waals surface area contributed by atoms with Gasteiger partial charge >= 0.3 is 0 Å². The Morgan fingerprint density at radius 3 is 2.92 bits per heavy atom. The molecule has 12 heavy (non-hydrogen) atoms. The molecule has 0 aliphatic carbocycles. The largest absolute Gasteiger partial charge is 0.385 e. The number of nitrogens with zero attached hydrogens (tertiary/aromatic N) is 1. The quantitative estimate of drug-likeness (QED) is 0.739. The van der Waals surface area contributed by atoms with Crippen LogP contribution in [-0.2, 0) is 11.2 Å². The molecule has 0 atom stereocenters. The summed E-state index contributed by atoms with van der Waals surface area (Å²) in [6, 6.07) is 0. The number of aliphatic hydroxyl groups is 1. The Hall–Kier alpha value is -0.450. The van der Waals surface area contributed by atoms with Crippen LogP contribution < -0.4 is 0 Å². The van der Waals surface area contributed by atoms with Gasteiger partial charge in [-0.3, -0.25) is 0 Å². The Morgan fingerprint density at radius 1 is 1.75 bits per heavy atom. The van der Waals surface area contributed by atoms with Crippen LogP contribution in [0.5, 0.6) is 0 Å². The topological polar surface area (TPSA) is 42.4 Å². The number of ether oxygens (including phenoxy) is 1. The van der Waals surface area contributed by atoms with E-state index in [1.165, 1.54) is 0 Å². The van der Waals surface area contributed by atoms with E-state index in [-0.39, 0.29) is 0 Å². The third kappa shape index (κ3) is 1.50. The highest BCUT2D eigenvalue weighted by molar-refractivity contribution is 7.09. The molecule has 3 nitrogen and oxygen atoms in total. The zero-order valence-electron chi connectivity index (χ0n) is 6.91. The molecule has 1 N–H and O–H groups in total. The van der Waals surface area contributed by atoms with Gasteiger partial charge in [0.15, 0.2) is 0 Å². The second-order valence-electron chi connectivity index (χ2n) is 3.28. The zero-order chi connectivity index (χ0) is 8.60. The molecule has 0 aromatic carbocycles. The van der Waals surface area contributed by atoms with E-state index in [2.05, 4.69) is 4.98 Å². The lowest BCUT2D eigenvalue weighted by Gasteiger charge is -2.35. The predicted molar refractivity (Wildman–Crippen MR) is 46.3 cm³/mol. The summed E-state index contributed by atoms with van der Waals surface area (Å²) in [5.41, 5.74) is 0.392. The van der Waals surface area contributed by atoms with Gasteiger partial charge in [-0.25, -0.2) is 4.98 Å². The van der Waals surface area contributed by atoms with E-state index in [4.69, 9.17) is 4.74 Å². The summed E-state index contributed by atoms with van der Waals surface area (Å²) in [6.45, 7) is 2.86. The van der Waals surface area contributed by atoms with E-state index in [9.17, 15) is 5.11 Å². The van der Waals surface area contributed by atoms with Crippen LogP contribution in [-0.4, -0.2) is 28.9 Å². The number of hydrogen-bond acceptors (Lipinski definition) is 4. The summed E-state index contributed by atoms with van der Waals surface area (Å²) >= 11 is 1.60. The third-order valence-corrected chi connectivity index (χ3v) is 2.85. The Balaban J connectivity index is 2.03. The van der Waals surface area contributed by atoms with Crippen LogP contribution in [0.15, 0.2) is 5.38 Å². The summed E-state index contributed by atoms with van der Waals surface area (Å²) in [5, 5.41) is 12.7.